The summed E-state index contributed by atoms with van der Waals surface area (Å²) in [6, 6.07) is 15.1. The lowest BCUT2D eigenvalue weighted by Crippen LogP contribution is -2.40. The first-order chi connectivity index (χ1) is 15.8. The van der Waals surface area contributed by atoms with Crippen LogP contribution >= 0.6 is 12.2 Å². The smallest absolute Gasteiger partial charge is 0.339 e. The summed E-state index contributed by atoms with van der Waals surface area (Å²) in [4.78, 5) is 3.06. The average Bonchev–Trinajstić information content (AvgIpc) is 3.13. The molecule has 1 fully saturated rings. The van der Waals surface area contributed by atoms with E-state index in [0.29, 0.717) is 19.0 Å². The van der Waals surface area contributed by atoms with Gasteiger partial charge in [0.15, 0.2) is 0 Å². The largest absolute Gasteiger partial charge is 0.497 e. The van der Waals surface area contributed by atoms with Gasteiger partial charge in [-0.3, -0.25) is 0 Å². The van der Waals surface area contributed by atoms with E-state index in [1.54, 1.807) is 24.3 Å². The SMILES string of the molecule is COc1ccc(S(=O)(=O)Oc2ccc(-n3c(C)cc(C(=S)N4CCOCC4)c3C)cc2)cc1. The molecule has 1 saturated heterocycles. The minimum Gasteiger partial charge on any atom is -0.497 e. The highest BCUT2D eigenvalue weighted by atomic mass is 32.2. The number of hydrogen-bond donors (Lipinski definition) is 0. The number of aromatic nitrogens is 1. The van der Waals surface area contributed by atoms with Gasteiger partial charge < -0.3 is 23.1 Å². The molecule has 3 aromatic rings. The van der Waals surface area contributed by atoms with Gasteiger partial charge in [-0.25, -0.2) is 0 Å². The highest BCUT2D eigenvalue weighted by Crippen LogP contribution is 2.26. The third kappa shape index (κ3) is 4.90. The van der Waals surface area contributed by atoms with Crippen molar-refractivity contribution in [3.63, 3.8) is 0 Å². The summed E-state index contributed by atoms with van der Waals surface area (Å²) in [6.45, 7) is 7.00. The van der Waals surface area contributed by atoms with E-state index >= 15 is 0 Å². The van der Waals surface area contributed by atoms with Gasteiger partial charge in [-0.2, -0.15) is 8.42 Å². The topological polar surface area (TPSA) is 70.0 Å². The van der Waals surface area contributed by atoms with Crippen LogP contribution in [0.15, 0.2) is 59.5 Å². The summed E-state index contributed by atoms with van der Waals surface area (Å²) in [7, 11) is -2.42. The molecule has 4 rings (SSSR count). The van der Waals surface area contributed by atoms with Crippen LogP contribution in [0.25, 0.3) is 5.69 Å². The summed E-state index contributed by atoms with van der Waals surface area (Å²) < 4.78 is 43.1. The molecule has 2 heterocycles. The molecular formula is C24H26N2O5S2. The van der Waals surface area contributed by atoms with Gasteiger partial charge in [0.05, 0.1) is 20.3 Å². The molecule has 0 spiro atoms. The van der Waals surface area contributed by atoms with Crippen LogP contribution in [0.5, 0.6) is 11.5 Å². The number of hydrogen-bond acceptors (Lipinski definition) is 6. The Morgan fingerprint density at radius 3 is 2.18 bits per heavy atom. The number of morpholine rings is 1. The Kier molecular flexibility index (Phi) is 6.73. The molecule has 2 aromatic carbocycles. The average molecular weight is 487 g/mol. The zero-order valence-electron chi connectivity index (χ0n) is 18.8. The predicted molar refractivity (Wildman–Crippen MR) is 130 cm³/mol. The van der Waals surface area contributed by atoms with Gasteiger partial charge in [-0.1, -0.05) is 12.2 Å². The van der Waals surface area contributed by atoms with Gasteiger partial charge >= 0.3 is 10.1 Å². The molecule has 0 amide bonds. The molecule has 0 radical (unpaired) electrons. The van der Waals surface area contributed by atoms with Crippen molar-refractivity contribution in [3.8, 4) is 17.2 Å². The number of methoxy groups -OCH3 is 1. The monoisotopic (exact) mass is 486 g/mol. The summed E-state index contributed by atoms with van der Waals surface area (Å²) in [6.07, 6.45) is 0. The number of thiocarbonyl (C=S) groups is 1. The standard InChI is InChI=1S/C24H26N2O5S2/c1-17-16-23(24(32)25-12-14-30-15-13-25)18(2)26(17)19-4-6-21(7-5-19)31-33(27,28)22-10-8-20(29-3)9-11-22/h4-11,16H,12-15H2,1-3H3. The highest BCUT2D eigenvalue weighted by Gasteiger charge is 2.21. The maximum Gasteiger partial charge on any atom is 0.339 e. The molecule has 0 aliphatic carbocycles. The molecule has 1 aromatic heterocycles. The fourth-order valence-electron chi connectivity index (χ4n) is 3.88. The van der Waals surface area contributed by atoms with Crippen molar-refractivity contribution in [3.05, 3.63) is 71.5 Å². The van der Waals surface area contributed by atoms with E-state index in [0.717, 1.165) is 40.7 Å². The van der Waals surface area contributed by atoms with Gasteiger partial charge in [0.2, 0.25) is 0 Å². The number of aryl methyl sites for hydroxylation is 1. The molecule has 7 nitrogen and oxygen atoms in total. The van der Waals surface area contributed by atoms with E-state index < -0.39 is 10.1 Å². The molecule has 0 N–H and O–H groups in total. The van der Waals surface area contributed by atoms with Crippen molar-refractivity contribution in [1.29, 1.82) is 0 Å². The Bertz CT molecular complexity index is 1240. The van der Waals surface area contributed by atoms with E-state index in [-0.39, 0.29) is 10.6 Å². The van der Waals surface area contributed by atoms with E-state index in [2.05, 4.69) is 15.5 Å². The fourth-order valence-corrected chi connectivity index (χ4v) is 5.20. The highest BCUT2D eigenvalue weighted by molar-refractivity contribution is 7.87. The third-order valence-corrected chi connectivity index (χ3v) is 7.35. The van der Waals surface area contributed by atoms with E-state index in [9.17, 15) is 8.42 Å². The Morgan fingerprint density at radius 2 is 1.58 bits per heavy atom. The zero-order valence-corrected chi connectivity index (χ0v) is 20.4. The first-order valence-electron chi connectivity index (χ1n) is 10.5. The van der Waals surface area contributed by atoms with Gasteiger partial charge in [0.1, 0.15) is 21.4 Å². The maximum absolute atomic E-state index is 12.6. The Labute approximate surface area is 199 Å². The first-order valence-corrected chi connectivity index (χ1v) is 12.4. The lowest BCUT2D eigenvalue weighted by molar-refractivity contribution is 0.0692. The molecular weight excluding hydrogens is 460 g/mol. The molecule has 0 unspecified atom stereocenters. The summed E-state index contributed by atoms with van der Waals surface area (Å²) >= 11 is 5.76. The fraction of sp³-hybridized carbons (Fsp3) is 0.292. The van der Waals surface area contributed by atoms with Crippen LogP contribution in [0.4, 0.5) is 0 Å². The van der Waals surface area contributed by atoms with Gasteiger partial charge in [0, 0.05) is 35.7 Å². The summed E-state index contributed by atoms with van der Waals surface area (Å²) in [5, 5.41) is 0. The normalized spacial score (nSPS) is 14.2. The molecule has 1 aliphatic heterocycles. The van der Waals surface area contributed by atoms with E-state index in [1.165, 1.54) is 19.2 Å². The first kappa shape index (κ1) is 23.3. The van der Waals surface area contributed by atoms with Crippen molar-refractivity contribution < 1.29 is 22.1 Å². The summed E-state index contributed by atoms with van der Waals surface area (Å²) in [5.41, 5.74) is 3.99. The number of benzene rings is 2. The van der Waals surface area contributed by atoms with Gasteiger partial charge in [0.25, 0.3) is 0 Å². The van der Waals surface area contributed by atoms with Gasteiger partial charge in [-0.15, -0.1) is 0 Å². The molecule has 0 saturated carbocycles. The molecule has 0 atom stereocenters. The third-order valence-electron chi connectivity index (χ3n) is 5.61. The minimum absolute atomic E-state index is 0.0609. The van der Waals surface area contributed by atoms with Crippen molar-refractivity contribution in [1.82, 2.24) is 9.47 Å². The van der Waals surface area contributed by atoms with Crippen molar-refractivity contribution >= 4 is 27.3 Å². The van der Waals surface area contributed by atoms with E-state index in [1.807, 2.05) is 26.0 Å². The van der Waals surface area contributed by atoms with Crippen molar-refractivity contribution in [2.75, 3.05) is 33.4 Å². The Hall–Kier alpha value is -2.88. The van der Waals surface area contributed by atoms with Crippen LogP contribution in [-0.2, 0) is 14.9 Å². The molecule has 9 heteroatoms. The molecule has 174 valence electrons. The lowest BCUT2D eigenvalue weighted by atomic mass is 10.2. The number of ether oxygens (including phenoxy) is 2. The van der Waals surface area contributed by atoms with Crippen LogP contribution in [-0.4, -0.2) is 56.3 Å². The second kappa shape index (κ2) is 9.54. The minimum atomic E-state index is -3.95. The molecule has 0 bridgehead atoms. The maximum atomic E-state index is 12.6. The van der Waals surface area contributed by atoms with Crippen LogP contribution in [0.1, 0.15) is 17.0 Å². The quantitative estimate of drug-likeness (QED) is 0.387. The van der Waals surface area contributed by atoms with Crippen molar-refractivity contribution in [2.24, 2.45) is 0 Å². The lowest BCUT2D eigenvalue weighted by Gasteiger charge is -2.29. The summed E-state index contributed by atoms with van der Waals surface area (Å²) in [5.74, 6) is 0.810. The van der Waals surface area contributed by atoms with Crippen LogP contribution in [0.2, 0.25) is 0 Å². The second-order valence-electron chi connectivity index (χ2n) is 7.73. The Morgan fingerprint density at radius 1 is 0.970 bits per heavy atom. The molecule has 33 heavy (non-hydrogen) atoms. The molecule has 1 aliphatic rings. The Balaban J connectivity index is 1.54. The van der Waals surface area contributed by atoms with E-state index in [4.69, 9.17) is 25.9 Å². The van der Waals surface area contributed by atoms with Crippen LogP contribution in [0, 0.1) is 13.8 Å². The van der Waals surface area contributed by atoms with Gasteiger partial charge in [-0.05, 0) is 68.4 Å². The number of nitrogens with zero attached hydrogens (tertiary/aromatic N) is 2. The predicted octanol–water partition coefficient (Wildman–Crippen LogP) is 3.88. The number of rotatable bonds is 6. The van der Waals surface area contributed by atoms with Crippen LogP contribution < -0.4 is 8.92 Å². The zero-order chi connectivity index (χ0) is 23.6. The second-order valence-corrected chi connectivity index (χ2v) is 9.66. The van der Waals surface area contributed by atoms with Crippen molar-refractivity contribution in [2.45, 2.75) is 18.7 Å². The van der Waals surface area contributed by atoms with Crippen LogP contribution in [0.3, 0.4) is 0 Å².